The molecule has 0 saturated carbocycles. The van der Waals surface area contributed by atoms with E-state index >= 15 is 0 Å². The maximum absolute atomic E-state index is 12.4. The first-order valence-corrected chi connectivity index (χ1v) is 24.4. The van der Waals surface area contributed by atoms with Gasteiger partial charge < -0.3 is 20.3 Å². The zero-order valence-corrected chi connectivity index (χ0v) is 36.9. The maximum Gasteiger partial charge on any atom is 0.305 e. The van der Waals surface area contributed by atoms with Crippen molar-refractivity contribution < 1.29 is 24.5 Å². The monoisotopic (exact) mass is 778 g/mol. The third-order valence-electron chi connectivity index (χ3n) is 11.3. The molecule has 0 spiro atoms. The van der Waals surface area contributed by atoms with Gasteiger partial charge in [0.25, 0.3) is 0 Å². The summed E-state index contributed by atoms with van der Waals surface area (Å²) in [5, 5.41) is 23.1. The Hall–Kier alpha value is -1.40. The van der Waals surface area contributed by atoms with E-state index in [1.54, 1.807) is 0 Å². The fraction of sp³-hybridized carbons (Fsp3) is 0.918. The van der Waals surface area contributed by atoms with E-state index in [0.29, 0.717) is 25.9 Å². The SMILES string of the molecule is CCCCC/C=C\CCCCCCCC(=O)OCCCCCCCCCCCCCCCCCCC(=O)NC(CO)C(O)CCCCCCCCCCCC. The van der Waals surface area contributed by atoms with Crippen LogP contribution in [0.25, 0.3) is 0 Å². The molecule has 1 amide bonds. The first-order valence-electron chi connectivity index (χ1n) is 24.4. The predicted molar refractivity (Wildman–Crippen MR) is 237 cm³/mol. The largest absolute Gasteiger partial charge is 0.466 e. The van der Waals surface area contributed by atoms with Crippen LogP contribution in [0.4, 0.5) is 0 Å². The summed E-state index contributed by atoms with van der Waals surface area (Å²) in [6.07, 6.45) is 50.3. The second-order valence-electron chi connectivity index (χ2n) is 16.8. The van der Waals surface area contributed by atoms with Crippen molar-refractivity contribution in [3.8, 4) is 0 Å². The number of carbonyl (C=O) groups excluding carboxylic acids is 2. The number of amides is 1. The number of nitrogens with one attached hydrogen (secondary N) is 1. The van der Waals surface area contributed by atoms with E-state index in [-0.39, 0.29) is 18.5 Å². The minimum Gasteiger partial charge on any atom is -0.466 e. The van der Waals surface area contributed by atoms with Gasteiger partial charge in [-0.25, -0.2) is 0 Å². The van der Waals surface area contributed by atoms with Crippen molar-refractivity contribution in [3.05, 3.63) is 12.2 Å². The Kier molecular flexibility index (Phi) is 44.2. The minimum atomic E-state index is -0.666. The molecule has 2 atom stereocenters. The summed E-state index contributed by atoms with van der Waals surface area (Å²) >= 11 is 0. The molecule has 0 bridgehead atoms. The minimum absolute atomic E-state index is 0.00722. The number of ether oxygens (including phenoxy) is 1. The fourth-order valence-corrected chi connectivity index (χ4v) is 7.51. The Morgan fingerprint density at radius 1 is 0.491 bits per heavy atom. The average molecular weight is 778 g/mol. The lowest BCUT2D eigenvalue weighted by Gasteiger charge is -2.22. The van der Waals surface area contributed by atoms with Gasteiger partial charge in [0.1, 0.15) is 0 Å². The Morgan fingerprint density at radius 3 is 1.33 bits per heavy atom. The van der Waals surface area contributed by atoms with Crippen LogP contribution < -0.4 is 5.32 Å². The molecule has 326 valence electrons. The third kappa shape index (κ3) is 42.0. The number of carbonyl (C=O) groups is 2. The quantitative estimate of drug-likeness (QED) is 0.0325. The van der Waals surface area contributed by atoms with E-state index in [1.807, 2.05) is 0 Å². The van der Waals surface area contributed by atoms with Gasteiger partial charge in [-0.15, -0.1) is 0 Å². The molecule has 0 aliphatic carbocycles. The number of hydrogen-bond acceptors (Lipinski definition) is 5. The first-order chi connectivity index (χ1) is 27.0. The van der Waals surface area contributed by atoms with Crippen molar-refractivity contribution in [1.29, 1.82) is 0 Å². The van der Waals surface area contributed by atoms with Crippen LogP contribution in [-0.4, -0.2) is 47.4 Å². The van der Waals surface area contributed by atoms with Gasteiger partial charge in [0, 0.05) is 12.8 Å². The van der Waals surface area contributed by atoms with Crippen molar-refractivity contribution in [2.24, 2.45) is 0 Å². The van der Waals surface area contributed by atoms with E-state index in [4.69, 9.17) is 4.74 Å². The Balaban J connectivity index is 3.41. The van der Waals surface area contributed by atoms with E-state index in [1.165, 1.54) is 186 Å². The van der Waals surface area contributed by atoms with Crippen molar-refractivity contribution in [1.82, 2.24) is 5.32 Å². The topological polar surface area (TPSA) is 95.9 Å². The summed E-state index contributed by atoms with van der Waals surface area (Å²) in [5.74, 6) is -0.0509. The second kappa shape index (κ2) is 45.3. The summed E-state index contributed by atoms with van der Waals surface area (Å²) in [6.45, 7) is 4.89. The molecule has 2 unspecified atom stereocenters. The van der Waals surface area contributed by atoms with Gasteiger partial charge in [-0.05, 0) is 51.4 Å². The zero-order chi connectivity index (χ0) is 40.1. The number of aliphatic hydroxyl groups is 2. The molecule has 3 N–H and O–H groups in total. The molecule has 55 heavy (non-hydrogen) atoms. The molecule has 0 aromatic rings. The summed E-state index contributed by atoms with van der Waals surface area (Å²) in [6, 6.07) is -0.544. The first kappa shape index (κ1) is 53.6. The molecule has 0 rings (SSSR count). The lowest BCUT2D eigenvalue weighted by Crippen LogP contribution is -2.45. The number of unbranched alkanes of at least 4 members (excludes halogenated alkanes) is 32. The number of hydrogen-bond donors (Lipinski definition) is 3. The molecule has 0 heterocycles. The van der Waals surface area contributed by atoms with Crippen LogP contribution in [0.2, 0.25) is 0 Å². The number of aliphatic hydroxyl groups excluding tert-OH is 2. The molecule has 0 aromatic heterocycles. The molecule has 0 aliphatic heterocycles. The highest BCUT2D eigenvalue weighted by molar-refractivity contribution is 5.76. The van der Waals surface area contributed by atoms with Gasteiger partial charge >= 0.3 is 5.97 Å². The van der Waals surface area contributed by atoms with E-state index in [0.717, 1.165) is 44.9 Å². The molecular weight excluding hydrogens is 683 g/mol. The maximum atomic E-state index is 12.4. The average Bonchev–Trinajstić information content (AvgIpc) is 3.18. The highest BCUT2D eigenvalue weighted by Gasteiger charge is 2.20. The van der Waals surface area contributed by atoms with Crippen molar-refractivity contribution in [2.45, 2.75) is 276 Å². The second-order valence-corrected chi connectivity index (χ2v) is 16.8. The van der Waals surface area contributed by atoms with Crippen LogP contribution >= 0.6 is 0 Å². The van der Waals surface area contributed by atoms with E-state index in [9.17, 15) is 19.8 Å². The van der Waals surface area contributed by atoms with Crippen molar-refractivity contribution in [2.75, 3.05) is 13.2 Å². The molecule has 6 heteroatoms. The number of esters is 1. The highest BCUT2D eigenvalue weighted by Crippen LogP contribution is 2.16. The van der Waals surface area contributed by atoms with Crippen LogP contribution in [0.5, 0.6) is 0 Å². The smallest absolute Gasteiger partial charge is 0.305 e. The summed E-state index contributed by atoms with van der Waals surface area (Å²) in [4.78, 5) is 24.4. The van der Waals surface area contributed by atoms with Gasteiger partial charge in [0.2, 0.25) is 5.91 Å². The summed E-state index contributed by atoms with van der Waals surface area (Å²) < 4.78 is 5.45. The molecule has 0 saturated heterocycles. The summed E-state index contributed by atoms with van der Waals surface area (Å²) in [7, 11) is 0. The molecule has 0 aliphatic rings. The molecule has 0 aromatic carbocycles. The molecule has 6 nitrogen and oxygen atoms in total. The van der Waals surface area contributed by atoms with Crippen LogP contribution in [0.1, 0.15) is 264 Å². The standard InChI is InChI=1S/C49H95NO5/c1-3-5-7-9-11-13-15-23-27-31-35-39-43-49(54)55-44-40-36-32-28-24-21-19-17-16-18-20-22-26-30-34-38-42-48(53)50-46(45-51)47(52)41-37-33-29-25-14-12-10-8-6-4-2/h11,13,46-47,51-52H,3-10,12,14-45H2,1-2H3,(H,50,53)/b13-11-. The van der Waals surface area contributed by atoms with Gasteiger partial charge in [0.05, 0.1) is 25.4 Å². The predicted octanol–water partition coefficient (Wildman–Crippen LogP) is 14.2. The zero-order valence-electron chi connectivity index (χ0n) is 36.9. The van der Waals surface area contributed by atoms with Crippen LogP contribution in [0.3, 0.4) is 0 Å². The van der Waals surface area contributed by atoms with Crippen LogP contribution in [0.15, 0.2) is 12.2 Å². The fourth-order valence-electron chi connectivity index (χ4n) is 7.51. The number of allylic oxidation sites excluding steroid dienone is 2. The Labute approximate surface area is 342 Å². The van der Waals surface area contributed by atoms with Crippen LogP contribution in [-0.2, 0) is 14.3 Å². The molecule has 0 radical (unpaired) electrons. The number of rotatable bonds is 45. The van der Waals surface area contributed by atoms with E-state index in [2.05, 4.69) is 31.3 Å². The lowest BCUT2D eigenvalue weighted by atomic mass is 10.0. The van der Waals surface area contributed by atoms with Gasteiger partial charge in [0.15, 0.2) is 0 Å². The normalized spacial score (nSPS) is 12.7. The Morgan fingerprint density at radius 2 is 0.855 bits per heavy atom. The highest BCUT2D eigenvalue weighted by atomic mass is 16.5. The van der Waals surface area contributed by atoms with Gasteiger partial charge in [-0.3, -0.25) is 9.59 Å². The van der Waals surface area contributed by atoms with E-state index < -0.39 is 12.1 Å². The third-order valence-corrected chi connectivity index (χ3v) is 11.3. The van der Waals surface area contributed by atoms with Crippen molar-refractivity contribution >= 4 is 11.9 Å². The Bertz CT molecular complexity index is 817. The van der Waals surface area contributed by atoms with Crippen molar-refractivity contribution in [3.63, 3.8) is 0 Å². The lowest BCUT2D eigenvalue weighted by molar-refractivity contribution is -0.143. The molecular formula is C49H95NO5. The van der Waals surface area contributed by atoms with Gasteiger partial charge in [-0.2, -0.15) is 0 Å². The van der Waals surface area contributed by atoms with Crippen LogP contribution in [0, 0.1) is 0 Å². The molecule has 0 fully saturated rings. The van der Waals surface area contributed by atoms with Gasteiger partial charge in [-0.1, -0.05) is 212 Å². The summed E-state index contributed by atoms with van der Waals surface area (Å²) in [5.41, 5.74) is 0.